The molecule has 0 aromatic heterocycles. The maximum atomic E-state index is 12.0. The summed E-state index contributed by atoms with van der Waals surface area (Å²) in [6, 6.07) is 8.70. The standard InChI is InChI=1S/C14H10Cl2N4O/c1-7-11(14(21)20-19-7)12(8(5-17)6-18)13-9(15)3-2-4-10(13)16/h2-4,8,11-12H,1H3,(H,20,21)/t11-,12-/m0/s1. The van der Waals surface area contributed by atoms with Gasteiger partial charge in [-0.05, 0) is 24.6 Å². The van der Waals surface area contributed by atoms with Gasteiger partial charge in [0.2, 0.25) is 5.91 Å². The molecule has 0 aliphatic carbocycles. The molecule has 1 N–H and O–H groups in total. The summed E-state index contributed by atoms with van der Waals surface area (Å²) in [7, 11) is 0. The first kappa shape index (κ1) is 15.3. The molecule has 1 heterocycles. The molecule has 0 radical (unpaired) electrons. The van der Waals surface area contributed by atoms with E-state index in [4.69, 9.17) is 23.2 Å². The minimum atomic E-state index is -1.07. The van der Waals surface area contributed by atoms with E-state index in [-0.39, 0.29) is 5.91 Å². The molecular formula is C14H10Cl2N4O. The fourth-order valence-corrected chi connectivity index (χ4v) is 3.09. The second kappa shape index (κ2) is 6.13. The summed E-state index contributed by atoms with van der Waals surface area (Å²) in [5.41, 5.74) is 3.27. The predicted molar refractivity (Wildman–Crippen MR) is 78.7 cm³/mol. The Balaban J connectivity index is 2.63. The van der Waals surface area contributed by atoms with Crippen LogP contribution in [0.1, 0.15) is 18.4 Å². The Morgan fingerprint density at radius 3 is 2.29 bits per heavy atom. The fraction of sp³-hybridized carbons (Fsp3) is 0.286. The van der Waals surface area contributed by atoms with Crippen molar-refractivity contribution in [1.29, 1.82) is 10.5 Å². The summed E-state index contributed by atoms with van der Waals surface area (Å²) in [5.74, 6) is -2.95. The second-order valence-electron chi connectivity index (χ2n) is 4.60. The molecule has 106 valence electrons. The number of hydrogen-bond acceptors (Lipinski definition) is 4. The number of nitrogens with one attached hydrogen (secondary N) is 1. The summed E-state index contributed by atoms with van der Waals surface area (Å²) in [6.07, 6.45) is 0. The molecule has 5 nitrogen and oxygen atoms in total. The predicted octanol–water partition coefficient (Wildman–Crippen LogP) is 2.86. The van der Waals surface area contributed by atoms with Crippen molar-refractivity contribution in [3.8, 4) is 12.1 Å². The molecule has 1 aromatic carbocycles. The molecule has 0 fully saturated rings. The number of nitriles is 2. The molecule has 1 aliphatic heterocycles. The average Bonchev–Trinajstić information content (AvgIpc) is 2.77. The van der Waals surface area contributed by atoms with Gasteiger partial charge in [-0.2, -0.15) is 15.6 Å². The van der Waals surface area contributed by atoms with Gasteiger partial charge in [-0.25, -0.2) is 5.43 Å². The van der Waals surface area contributed by atoms with E-state index in [1.165, 1.54) is 0 Å². The molecule has 0 unspecified atom stereocenters. The highest BCUT2D eigenvalue weighted by Crippen LogP contribution is 2.41. The van der Waals surface area contributed by atoms with E-state index >= 15 is 0 Å². The molecule has 21 heavy (non-hydrogen) atoms. The van der Waals surface area contributed by atoms with E-state index < -0.39 is 17.8 Å². The molecule has 0 spiro atoms. The van der Waals surface area contributed by atoms with Gasteiger partial charge in [-0.3, -0.25) is 4.79 Å². The number of hydrogen-bond donors (Lipinski definition) is 1. The molecule has 0 saturated carbocycles. The third-order valence-corrected chi connectivity index (χ3v) is 4.06. The summed E-state index contributed by atoms with van der Waals surface area (Å²) in [5, 5.41) is 23.0. The Morgan fingerprint density at radius 2 is 1.86 bits per heavy atom. The average molecular weight is 321 g/mol. The van der Waals surface area contributed by atoms with Crippen LogP contribution in [0.2, 0.25) is 10.0 Å². The van der Waals surface area contributed by atoms with Crippen molar-refractivity contribution in [2.45, 2.75) is 12.8 Å². The smallest absolute Gasteiger partial charge is 0.249 e. The van der Waals surface area contributed by atoms with Crippen molar-refractivity contribution >= 4 is 34.8 Å². The zero-order valence-corrected chi connectivity index (χ0v) is 12.5. The van der Waals surface area contributed by atoms with Crippen molar-refractivity contribution in [3.63, 3.8) is 0 Å². The first-order chi connectivity index (χ1) is 10.0. The van der Waals surface area contributed by atoms with Crippen molar-refractivity contribution in [2.75, 3.05) is 0 Å². The lowest BCUT2D eigenvalue weighted by Gasteiger charge is -2.24. The zero-order chi connectivity index (χ0) is 15.6. The van der Waals surface area contributed by atoms with Crippen LogP contribution < -0.4 is 5.43 Å². The first-order valence-corrected chi connectivity index (χ1v) is 6.84. The van der Waals surface area contributed by atoms with Gasteiger partial charge in [0.25, 0.3) is 0 Å². The fourth-order valence-electron chi connectivity index (χ4n) is 2.44. The summed E-state index contributed by atoms with van der Waals surface area (Å²) >= 11 is 12.4. The second-order valence-corrected chi connectivity index (χ2v) is 5.42. The van der Waals surface area contributed by atoms with E-state index in [1.54, 1.807) is 25.1 Å². The monoisotopic (exact) mass is 320 g/mol. The van der Waals surface area contributed by atoms with Gasteiger partial charge in [-0.1, -0.05) is 29.3 Å². The zero-order valence-electron chi connectivity index (χ0n) is 11.0. The molecule has 1 amide bonds. The van der Waals surface area contributed by atoms with Gasteiger partial charge in [0, 0.05) is 21.7 Å². The summed E-state index contributed by atoms with van der Waals surface area (Å²) < 4.78 is 0. The highest BCUT2D eigenvalue weighted by Gasteiger charge is 2.42. The number of hydrazone groups is 1. The van der Waals surface area contributed by atoms with E-state index in [9.17, 15) is 15.3 Å². The Kier molecular flexibility index (Phi) is 4.47. The number of halogens is 2. The topological polar surface area (TPSA) is 89.0 Å². The molecule has 1 aliphatic rings. The normalized spacial score (nSPS) is 18.7. The SMILES string of the molecule is CC1=NNC(=O)[C@@H]1[C@@H](c1c(Cl)cccc1Cl)C(C#N)C#N. The highest BCUT2D eigenvalue weighted by atomic mass is 35.5. The van der Waals surface area contributed by atoms with Crippen LogP contribution in [0, 0.1) is 34.5 Å². The molecule has 0 saturated heterocycles. The highest BCUT2D eigenvalue weighted by molar-refractivity contribution is 6.36. The number of amides is 1. The van der Waals surface area contributed by atoms with Crippen LogP contribution in [0.4, 0.5) is 0 Å². The summed E-state index contributed by atoms with van der Waals surface area (Å²) in [4.78, 5) is 12.0. The summed E-state index contributed by atoms with van der Waals surface area (Å²) in [6.45, 7) is 1.66. The van der Waals surface area contributed by atoms with Gasteiger partial charge < -0.3 is 0 Å². The number of benzene rings is 1. The minimum absolute atomic E-state index is 0.315. The third kappa shape index (κ3) is 2.71. The first-order valence-electron chi connectivity index (χ1n) is 6.08. The number of carbonyl (C=O) groups excluding carboxylic acids is 1. The Bertz CT molecular complexity index is 668. The maximum absolute atomic E-state index is 12.0. The van der Waals surface area contributed by atoms with Crippen LogP contribution in [0.25, 0.3) is 0 Å². The lowest BCUT2D eigenvalue weighted by atomic mass is 9.76. The molecule has 2 rings (SSSR count). The van der Waals surface area contributed by atoms with Crippen LogP contribution in [0.3, 0.4) is 0 Å². The van der Waals surface area contributed by atoms with Crippen LogP contribution in [-0.2, 0) is 4.79 Å². The van der Waals surface area contributed by atoms with Gasteiger partial charge in [0.15, 0.2) is 0 Å². The van der Waals surface area contributed by atoms with Gasteiger partial charge in [0.1, 0.15) is 5.92 Å². The number of carbonyl (C=O) groups is 1. The lowest BCUT2D eigenvalue weighted by Crippen LogP contribution is -2.32. The maximum Gasteiger partial charge on any atom is 0.249 e. The molecular weight excluding hydrogens is 311 g/mol. The van der Waals surface area contributed by atoms with Gasteiger partial charge in [-0.15, -0.1) is 0 Å². The lowest BCUT2D eigenvalue weighted by molar-refractivity contribution is -0.122. The van der Waals surface area contributed by atoms with Crippen LogP contribution in [0.15, 0.2) is 23.3 Å². The Labute approximate surface area is 131 Å². The number of rotatable bonds is 3. The quantitative estimate of drug-likeness (QED) is 0.928. The Hall–Kier alpha value is -2.08. The van der Waals surface area contributed by atoms with E-state index in [2.05, 4.69) is 10.5 Å². The van der Waals surface area contributed by atoms with E-state index in [0.717, 1.165) is 0 Å². The van der Waals surface area contributed by atoms with Crippen LogP contribution >= 0.6 is 23.2 Å². The Morgan fingerprint density at radius 1 is 1.29 bits per heavy atom. The number of nitrogens with zero attached hydrogens (tertiary/aromatic N) is 3. The molecule has 1 aromatic rings. The van der Waals surface area contributed by atoms with Crippen molar-refractivity contribution in [3.05, 3.63) is 33.8 Å². The largest absolute Gasteiger partial charge is 0.272 e. The minimum Gasteiger partial charge on any atom is -0.272 e. The van der Waals surface area contributed by atoms with Crippen LogP contribution in [-0.4, -0.2) is 11.6 Å². The van der Waals surface area contributed by atoms with Crippen LogP contribution in [0.5, 0.6) is 0 Å². The van der Waals surface area contributed by atoms with Crippen molar-refractivity contribution in [2.24, 2.45) is 16.9 Å². The van der Waals surface area contributed by atoms with E-state index in [1.807, 2.05) is 12.1 Å². The molecule has 2 atom stereocenters. The van der Waals surface area contributed by atoms with Gasteiger partial charge >= 0.3 is 0 Å². The van der Waals surface area contributed by atoms with E-state index in [0.29, 0.717) is 21.3 Å². The molecule has 7 heteroatoms. The molecule has 0 bridgehead atoms. The van der Waals surface area contributed by atoms with Crippen molar-refractivity contribution in [1.82, 2.24) is 5.43 Å². The van der Waals surface area contributed by atoms with Crippen molar-refractivity contribution < 1.29 is 4.79 Å². The van der Waals surface area contributed by atoms with Gasteiger partial charge in [0.05, 0.1) is 18.1 Å². The third-order valence-electron chi connectivity index (χ3n) is 3.40.